The molecule has 0 saturated heterocycles. The zero-order valence-electron chi connectivity index (χ0n) is 8.95. The number of amides is 1. The summed E-state index contributed by atoms with van der Waals surface area (Å²) in [5, 5.41) is 12.0. The van der Waals surface area contributed by atoms with Gasteiger partial charge >= 0.3 is 12.1 Å². The molecule has 94 valence electrons. The number of rotatable bonds is 1. The molecule has 0 aliphatic heterocycles. The number of carbonyl (C=O) groups is 1. The van der Waals surface area contributed by atoms with E-state index in [1.807, 2.05) is 0 Å². The maximum absolute atomic E-state index is 12.2. The third-order valence-electron chi connectivity index (χ3n) is 2.40. The largest absolute Gasteiger partial charge is 0.507 e. The molecule has 0 unspecified atom stereocenters. The molecule has 0 heterocycles. The number of hydrogen-bond acceptors (Lipinski definition) is 2. The minimum absolute atomic E-state index is 0.00530. The van der Waals surface area contributed by atoms with Gasteiger partial charge in [-0.1, -0.05) is 24.3 Å². The van der Waals surface area contributed by atoms with Crippen LogP contribution in [0.4, 0.5) is 18.9 Å². The van der Waals surface area contributed by atoms with Gasteiger partial charge in [-0.2, -0.15) is 13.2 Å². The molecule has 0 fully saturated rings. The molecule has 0 saturated carbocycles. The minimum atomic E-state index is -4.95. The molecule has 0 radical (unpaired) electrons. The van der Waals surface area contributed by atoms with Crippen molar-refractivity contribution in [2.45, 2.75) is 6.18 Å². The first-order valence-corrected chi connectivity index (χ1v) is 4.98. The van der Waals surface area contributed by atoms with Crippen LogP contribution in [-0.2, 0) is 4.79 Å². The van der Waals surface area contributed by atoms with E-state index >= 15 is 0 Å². The van der Waals surface area contributed by atoms with Gasteiger partial charge in [-0.3, -0.25) is 4.79 Å². The highest BCUT2D eigenvalue weighted by molar-refractivity contribution is 6.05. The molecule has 2 rings (SSSR count). The number of carbonyl (C=O) groups excluding carboxylic acids is 1. The molecule has 0 aromatic heterocycles. The Bertz CT molecular complexity index is 608. The maximum atomic E-state index is 12.2. The average molecular weight is 255 g/mol. The number of nitrogens with one attached hydrogen (secondary N) is 1. The van der Waals surface area contributed by atoms with Gasteiger partial charge in [-0.15, -0.1) is 0 Å². The predicted octanol–water partition coefficient (Wildman–Crippen LogP) is 3.05. The van der Waals surface area contributed by atoms with E-state index < -0.39 is 12.1 Å². The SMILES string of the molecule is O=C(Nc1cccc2c(O)cccc12)C(F)(F)F. The Labute approximate surface area is 99.8 Å². The fourth-order valence-corrected chi connectivity index (χ4v) is 1.60. The molecule has 2 aromatic carbocycles. The topological polar surface area (TPSA) is 49.3 Å². The van der Waals surface area contributed by atoms with E-state index in [1.54, 1.807) is 11.4 Å². The van der Waals surface area contributed by atoms with Crippen molar-refractivity contribution in [2.24, 2.45) is 0 Å². The third kappa shape index (κ3) is 2.22. The number of anilines is 1. The van der Waals surface area contributed by atoms with Crippen molar-refractivity contribution in [2.75, 3.05) is 5.32 Å². The first-order valence-electron chi connectivity index (χ1n) is 4.98. The van der Waals surface area contributed by atoms with Gasteiger partial charge in [0.2, 0.25) is 0 Å². The van der Waals surface area contributed by atoms with Crippen molar-refractivity contribution < 1.29 is 23.1 Å². The number of alkyl halides is 3. The molecule has 0 aliphatic carbocycles. The van der Waals surface area contributed by atoms with Gasteiger partial charge < -0.3 is 10.4 Å². The van der Waals surface area contributed by atoms with Crippen LogP contribution in [0.15, 0.2) is 36.4 Å². The van der Waals surface area contributed by atoms with Crippen molar-refractivity contribution in [1.29, 1.82) is 0 Å². The van der Waals surface area contributed by atoms with Crippen molar-refractivity contribution in [3.63, 3.8) is 0 Å². The lowest BCUT2D eigenvalue weighted by molar-refractivity contribution is -0.167. The standard InChI is InChI=1S/C12H8F3NO2/c13-12(14,15)11(18)16-9-5-1-4-8-7(9)3-2-6-10(8)17/h1-6,17H,(H,16,18). The molecule has 0 bridgehead atoms. The van der Waals surface area contributed by atoms with Crippen LogP contribution in [0.25, 0.3) is 10.8 Å². The van der Waals surface area contributed by atoms with Crippen LogP contribution in [-0.4, -0.2) is 17.2 Å². The summed E-state index contributed by atoms with van der Waals surface area (Å²) >= 11 is 0. The highest BCUT2D eigenvalue weighted by Crippen LogP contribution is 2.30. The Morgan fingerprint density at radius 2 is 1.67 bits per heavy atom. The smallest absolute Gasteiger partial charge is 0.471 e. The minimum Gasteiger partial charge on any atom is -0.507 e. The zero-order chi connectivity index (χ0) is 13.3. The lowest BCUT2D eigenvalue weighted by atomic mass is 10.1. The fourth-order valence-electron chi connectivity index (χ4n) is 1.60. The van der Waals surface area contributed by atoms with E-state index in [9.17, 15) is 23.1 Å². The van der Waals surface area contributed by atoms with Gasteiger partial charge in [0.25, 0.3) is 0 Å². The molecule has 6 heteroatoms. The number of halogens is 3. The van der Waals surface area contributed by atoms with Crippen LogP contribution < -0.4 is 5.32 Å². The van der Waals surface area contributed by atoms with Gasteiger partial charge in [-0.25, -0.2) is 0 Å². The quantitative estimate of drug-likeness (QED) is 0.822. The predicted molar refractivity (Wildman–Crippen MR) is 60.3 cm³/mol. The first kappa shape index (κ1) is 12.2. The summed E-state index contributed by atoms with van der Waals surface area (Å²) in [6, 6.07) is 8.76. The number of aromatic hydroxyl groups is 1. The molecular weight excluding hydrogens is 247 g/mol. The monoisotopic (exact) mass is 255 g/mol. The highest BCUT2D eigenvalue weighted by Gasteiger charge is 2.38. The van der Waals surface area contributed by atoms with Crippen LogP contribution in [0.3, 0.4) is 0 Å². The second-order valence-electron chi connectivity index (χ2n) is 3.63. The highest BCUT2D eigenvalue weighted by atomic mass is 19.4. The van der Waals surface area contributed by atoms with Gasteiger partial charge in [0.15, 0.2) is 0 Å². The number of phenols is 1. The number of benzene rings is 2. The van der Waals surface area contributed by atoms with Crippen LogP contribution in [0.1, 0.15) is 0 Å². The van der Waals surface area contributed by atoms with E-state index in [1.165, 1.54) is 30.3 Å². The Morgan fingerprint density at radius 1 is 1.06 bits per heavy atom. The Balaban J connectivity index is 2.47. The Kier molecular flexibility index (Phi) is 2.86. The second-order valence-corrected chi connectivity index (χ2v) is 3.63. The van der Waals surface area contributed by atoms with E-state index in [-0.39, 0.29) is 11.4 Å². The fraction of sp³-hybridized carbons (Fsp3) is 0.0833. The summed E-state index contributed by atoms with van der Waals surface area (Å²) < 4.78 is 36.5. The van der Waals surface area contributed by atoms with Gasteiger partial charge in [0.05, 0.1) is 0 Å². The Morgan fingerprint density at radius 3 is 2.33 bits per heavy atom. The van der Waals surface area contributed by atoms with Crippen LogP contribution in [0.2, 0.25) is 0 Å². The van der Waals surface area contributed by atoms with Crippen molar-refractivity contribution in [3.05, 3.63) is 36.4 Å². The van der Waals surface area contributed by atoms with Gasteiger partial charge in [-0.05, 0) is 12.1 Å². The molecule has 18 heavy (non-hydrogen) atoms. The summed E-state index contributed by atoms with van der Waals surface area (Å²) in [5.41, 5.74) is 0.00530. The van der Waals surface area contributed by atoms with Crippen LogP contribution >= 0.6 is 0 Å². The first-order chi connectivity index (χ1) is 8.39. The molecule has 2 aromatic rings. The van der Waals surface area contributed by atoms with E-state index in [2.05, 4.69) is 0 Å². The molecule has 1 amide bonds. The Hall–Kier alpha value is -2.24. The summed E-state index contributed by atoms with van der Waals surface area (Å²) in [6.07, 6.45) is -4.95. The second kappa shape index (κ2) is 4.21. The van der Waals surface area contributed by atoms with E-state index in [4.69, 9.17) is 0 Å². The molecule has 3 nitrogen and oxygen atoms in total. The number of phenolic OH excluding ortho intramolecular Hbond substituents is 1. The number of fused-ring (bicyclic) bond motifs is 1. The van der Waals surface area contributed by atoms with Gasteiger partial charge in [0.1, 0.15) is 5.75 Å². The molecular formula is C12H8F3NO2. The summed E-state index contributed by atoms with van der Waals surface area (Å²) in [5.74, 6) is -2.10. The van der Waals surface area contributed by atoms with Crippen molar-refractivity contribution >= 4 is 22.4 Å². The lowest BCUT2D eigenvalue weighted by Crippen LogP contribution is -2.29. The van der Waals surface area contributed by atoms with Gasteiger partial charge in [0, 0.05) is 16.5 Å². The van der Waals surface area contributed by atoms with Crippen molar-refractivity contribution in [1.82, 2.24) is 0 Å². The van der Waals surface area contributed by atoms with E-state index in [0.29, 0.717) is 10.8 Å². The van der Waals surface area contributed by atoms with Crippen molar-refractivity contribution in [3.8, 4) is 5.75 Å². The summed E-state index contributed by atoms with van der Waals surface area (Å²) in [6.45, 7) is 0. The van der Waals surface area contributed by atoms with E-state index in [0.717, 1.165) is 0 Å². The average Bonchev–Trinajstić information content (AvgIpc) is 2.29. The van der Waals surface area contributed by atoms with Crippen LogP contribution in [0, 0.1) is 0 Å². The summed E-state index contributed by atoms with van der Waals surface area (Å²) in [4.78, 5) is 10.9. The third-order valence-corrected chi connectivity index (χ3v) is 2.40. The molecule has 0 atom stereocenters. The lowest BCUT2D eigenvalue weighted by Gasteiger charge is -2.10. The molecule has 0 aliphatic rings. The normalized spacial score (nSPS) is 11.5. The maximum Gasteiger partial charge on any atom is 0.471 e. The molecule has 0 spiro atoms. The zero-order valence-corrected chi connectivity index (χ0v) is 8.95. The summed E-state index contributed by atoms with van der Waals surface area (Å²) in [7, 11) is 0. The molecule has 2 N–H and O–H groups in total. The number of hydrogen-bond donors (Lipinski definition) is 2. The van der Waals surface area contributed by atoms with Crippen LogP contribution in [0.5, 0.6) is 5.75 Å².